The quantitative estimate of drug-likeness (QED) is 0.554. The monoisotopic (exact) mass is 500 g/mol. The molecule has 2 fully saturated rings. The molecule has 0 bridgehead atoms. The van der Waals surface area contributed by atoms with E-state index in [1.165, 1.54) is 29.2 Å². The SMILES string of the molecule is C=CC(=O)N1CCN(C(=O)c2cc(Sc3cnc(NC(=O)CC4CC4)s3)c(C)cc2OC)CC1. The smallest absolute Gasteiger partial charge is 0.257 e. The number of amides is 3. The second-order valence-corrected chi connectivity index (χ2v) is 10.8. The first-order chi connectivity index (χ1) is 16.4. The van der Waals surface area contributed by atoms with E-state index in [0.29, 0.717) is 55.0 Å². The number of hydrogen-bond donors (Lipinski definition) is 1. The van der Waals surface area contributed by atoms with Crippen LogP contribution in [-0.4, -0.2) is 65.8 Å². The number of benzene rings is 1. The Labute approximate surface area is 207 Å². The normalized spacial score (nSPS) is 15.7. The molecule has 1 aromatic carbocycles. The number of thiazole rings is 1. The number of hydrogen-bond acceptors (Lipinski definition) is 7. The van der Waals surface area contributed by atoms with Crippen molar-refractivity contribution in [2.45, 2.75) is 35.3 Å². The summed E-state index contributed by atoms with van der Waals surface area (Å²) in [6.45, 7) is 7.36. The molecule has 1 aliphatic heterocycles. The Morgan fingerprint density at radius 1 is 1.24 bits per heavy atom. The Hall–Kier alpha value is -2.85. The van der Waals surface area contributed by atoms with Crippen molar-refractivity contribution in [3.8, 4) is 5.75 Å². The van der Waals surface area contributed by atoms with Crippen molar-refractivity contribution in [3.63, 3.8) is 0 Å². The highest BCUT2D eigenvalue weighted by Crippen LogP contribution is 2.39. The average molecular weight is 501 g/mol. The molecule has 2 heterocycles. The van der Waals surface area contributed by atoms with Crippen LogP contribution >= 0.6 is 23.1 Å². The third-order valence-electron chi connectivity index (χ3n) is 5.89. The highest BCUT2D eigenvalue weighted by Gasteiger charge is 2.27. The molecule has 0 spiro atoms. The molecule has 1 saturated heterocycles. The zero-order chi connectivity index (χ0) is 24.2. The van der Waals surface area contributed by atoms with Crippen LogP contribution in [0.15, 0.2) is 40.1 Å². The standard InChI is InChI=1S/C24H28N4O4S2/c1-4-21(30)27-7-9-28(10-8-27)23(31)17-13-19(15(2)11-18(17)32-3)33-22-14-25-24(34-22)26-20(29)12-16-5-6-16/h4,11,13-14,16H,1,5-10,12H2,2-3H3,(H,25,26,29). The maximum absolute atomic E-state index is 13.3. The van der Waals surface area contributed by atoms with Crippen molar-refractivity contribution in [2.75, 3.05) is 38.6 Å². The third-order valence-corrected chi connectivity index (χ3v) is 8.07. The van der Waals surface area contributed by atoms with Gasteiger partial charge in [-0.3, -0.25) is 14.4 Å². The van der Waals surface area contributed by atoms with Gasteiger partial charge in [-0.25, -0.2) is 4.98 Å². The summed E-state index contributed by atoms with van der Waals surface area (Å²) in [6.07, 6.45) is 5.86. The highest BCUT2D eigenvalue weighted by atomic mass is 32.2. The van der Waals surface area contributed by atoms with Gasteiger partial charge in [0.25, 0.3) is 5.91 Å². The Kier molecular flexibility index (Phi) is 7.57. The lowest BCUT2D eigenvalue weighted by atomic mass is 10.1. The summed E-state index contributed by atoms with van der Waals surface area (Å²) >= 11 is 2.92. The number of aromatic nitrogens is 1. The Morgan fingerprint density at radius 2 is 1.94 bits per heavy atom. The number of anilines is 1. The van der Waals surface area contributed by atoms with E-state index >= 15 is 0 Å². The van der Waals surface area contributed by atoms with Gasteiger partial charge < -0.3 is 19.9 Å². The lowest BCUT2D eigenvalue weighted by molar-refractivity contribution is -0.127. The molecule has 1 saturated carbocycles. The molecule has 1 aromatic heterocycles. The van der Waals surface area contributed by atoms with Crippen LogP contribution in [-0.2, 0) is 9.59 Å². The number of nitrogens with one attached hydrogen (secondary N) is 1. The van der Waals surface area contributed by atoms with Crippen LogP contribution in [0.2, 0.25) is 0 Å². The van der Waals surface area contributed by atoms with Gasteiger partial charge in [0.2, 0.25) is 11.8 Å². The summed E-state index contributed by atoms with van der Waals surface area (Å²) < 4.78 is 6.43. The second-order valence-electron chi connectivity index (χ2n) is 8.42. The molecule has 2 aliphatic rings. The summed E-state index contributed by atoms with van der Waals surface area (Å²) in [4.78, 5) is 45.9. The molecule has 0 radical (unpaired) electrons. The van der Waals surface area contributed by atoms with Crippen LogP contribution in [0.1, 0.15) is 35.2 Å². The largest absolute Gasteiger partial charge is 0.496 e. The number of aryl methyl sites for hydroxylation is 1. The molecule has 1 aliphatic carbocycles. The molecule has 34 heavy (non-hydrogen) atoms. The van der Waals surface area contributed by atoms with E-state index in [2.05, 4.69) is 16.9 Å². The van der Waals surface area contributed by atoms with E-state index in [4.69, 9.17) is 4.74 Å². The summed E-state index contributed by atoms with van der Waals surface area (Å²) in [5.41, 5.74) is 1.47. The first-order valence-corrected chi connectivity index (χ1v) is 12.8. The average Bonchev–Trinajstić information content (AvgIpc) is 3.55. The molecule has 1 N–H and O–H groups in total. The van der Waals surface area contributed by atoms with Crippen LogP contribution in [0, 0.1) is 12.8 Å². The molecule has 0 atom stereocenters. The van der Waals surface area contributed by atoms with Crippen LogP contribution in [0.4, 0.5) is 5.13 Å². The zero-order valence-corrected chi connectivity index (χ0v) is 21.0. The van der Waals surface area contributed by atoms with E-state index < -0.39 is 0 Å². The predicted molar refractivity (Wildman–Crippen MR) is 133 cm³/mol. The number of ether oxygens (including phenoxy) is 1. The van der Waals surface area contributed by atoms with Gasteiger partial charge in [-0.05, 0) is 49.5 Å². The number of rotatable bonds is 8. The van der Waals surface area contributed by atoms with Crippen molar-refractivity contribution in [1.82, 2.24) is 14.8 Å². The summed E-state index contributed by atoms with van der Waals surface area (Å²) in [6, 6.07) is 3.72. The summed E-state index contributed by atoms with van der Waals surface area (Å²) in [7, 11) is 1.55. The van der Waals surface area contributed by atoms with E-state index in [1.54, 1.807) is 23.1 Å². The van der Waals surface area contributed by atoms with Crippen molar-refractivity contribution < 1.29 is 19.1 Å². The van der Waals surface area contributed by atoms with E-state index in [-0.39, 0.29) is 17.7 Å². The predicted octanol–water partition coefficient (Wildman–Crippen LogP) is 3.82. The van der Waals surface area contributed by atoms with Gasteiger partial charge >= 0.3 is 0 Å². The number of piperazine rings is 1. The number of methoxy groups -OCH3 is 1. The van der Waals surface area contributed by atoms with Crippen LogP contribution in [0.25, 0.3) is 0 Å². The van der Waals surface area contributed by atoms with Gasteiger partial charge in [0.1, 0.15) is 5.75 Å². The number of carbonyl (C=O) groups excluding carboxylic acids is 3. The van der Waals surface area contributed by atoms with E-state index in [9.17, 15) is 14.4 Å². The Balaban J connectivity index is 1.46. The molecule has 10 heteroatoms. The molecular weight excluding hydrogens is 472 g/mol. The summed E-state index contributed by atoms with van der Waals surface area (Å²) in [5, 5.41) is 3.47. The molecule has 8 nitrogen and oxygen atoms in total. The highest BCUT2D eigenvalue weighted by molar-refractivity contribution is 8.01. The van der Waals surface area contributed by atoms with Crippen LogP contribution in [0.5, 0.6) is 5.75 Å². The van der Waals surface area contributed by atoms with Gasteiger partial charge in [-0.2, -0.15) is 0 Å². The third kappa shape index (κ3) is 5.79. The molecule has 4 rings (SSSR count). The fourth-order valence-electron chi connectivity index (χ4n) is 3.76. The van der Waals surface area contributed by atoms with Crippen molar-refractivity contribution in [3.05, 3.63) is 42.1 Å². The van der Waals surface area contributed by atoms with Gasteiger partial charge in [0, 0.05) is 37.5 Å². The minimum Gasteiger partial charge on any atom is -0.496 e. The molecule has 180 valence electrons. The topological polar surface area (TPSA) is 91.8 Å². The minimum absolute atomic E-state index is 0.0109. The second kappa shape index (κ2) is 10.6. The minimum atomic E-state index is -0.123. The fraction of sp³-hybridized carbons (Fsp3) is 0.417. The first-order valence-electron chi connectivity index (χ1n) is 11.2. The summed E-state index contributed by atoms with van der Waals surface area (Å²) in [5.74, 6) is 0.816. The maximum atomic E-state index is 13.3. The van der Waals surface area contributed by atoms with E-state index in [0.717, 1.165) is 27.5 Å². The number of carbonyl (C=O) groups is 3. The van der Waals surface area contributed by atoms with Gasteiger partial charge in [0.05, 0.1) is 23.1 Å². The zero-order valence-electron chi connectivity index (χ0n) is 19.3. The lowest BCUT2D eigenvalue weighted by Crippen LogP contribution is -2.50. The molecule has 3 amide bonds. The Morgan fingerprint density at radius 3 is 2.59 bits per heavy atom. The van der Waals surface area contributed by atoms with Crippen molar-refractivity contribution >= 4 is 46.0 Å². The van der Waals surface area contributed by atoms with Crippen LogP contribution < -0.4 is 10.1 Å². The van der Waals surface area contributed by atoms with Gasteiger partial charge in [-0.1, -0.05) is 29.7 Å². The van der Waals surface area contributed by atoms with Gasteiger partial charge in [0.15, 0.2) is 5.13 Å². The molecule has 2 aromatic rings. The molecule has 0 unspecified atom stereocenters. The number of nitrogens with zero attached hydrogens (tertiary/aromatic N) is 3. The molecular formula is C24H28N4O4S2. The maximum Gasteiger partial charge on any atom is 0.257 e. The Bertz CT molecular complexity index is 1100. The lowest BCUT2D eigenvalue weighted by Gasteiger charge is -2.34. The van der Waals surface area contributed by atoms with E-state index in [1.807, 2.05) is 19.1 Å². The van der Waals surface area contributed by atoms with Gasteiger partial charge in [-0.15, -0.1) is 0 Å². The first kappa shape index (κ1) is 24.3. The fourth-order valence-corrected chi connectivity index (χ4v) is 5.72. The van der Waals surface area contributed by atoms with Crippen molar-refractivity contribution in [1.29, 1.82) is 0 Å². The van der Waals surface area contributed by atoms with Crippen LogP contribution in [0.3, 0.4) is 0 Å². The van der Waals surface area contributed by atoms with Crippen molar-refractivity contribution in [2.24, 2.45) is 5.92 Å².